The Hall–Kier alpha value is -0.170. The van der Waals surface area contributed by atoms with Crippen LogP contribution in [0.25, 0.3) is 0 Å². The van der Waals surface area contributed by atoms with Crippen LogP contribution in [0.1, 0.15) is 46.0 Å². The van der Waals surface area contributed by atoms with Crippen LogP contribution in [0.2, 0.25) is 0 Å². The van der Waals surface area contributed by atoms with Crippen molar-refractivity contribution in [1.29, 1.82) is 0 Å². The Morgan fingerprint density at radius 1 is 1.29 bits per heavy atom. The third-order valence-corrected chi connectivity index (χ3v) is 5.16. The zero-order chi connectivity index (χ0) is 13.1. The van der Waals surface area contributed by atoms with Crippen LogP contribution < -0.4 is 4.72 Å². The largest absolute Gasteiger partial charge is 0.389 e. The van der Waals surface area contributed by atoms with Crippen LogP contribution in [-0.2, 0) is 10.2 Å². The minimum absolute atomic E-state index is 0.0894. The highest BCUT2D eigenvalue weighted by Gasteiger charge is 2.31. The molecule has 1 rings (SSSR count). The number of nitrogens with one attached hydrogen (secondary N) is 1. The van der Waals surface area contributed by atoms with Gasteiger partial charge in [0.2, 0.25) is 0 Å². The molecular formula is C11H24N2O3S. The van der Waals surface area contributed by atoms with Crippen molar-refractivity contribution < 1.29 is 13.5 Å². The van der Waals surface area contributed by atoms with Crippen LogP contribution in [0.3, 0.4) is 0 Å². The zero-order valence-electron chi connectivity index (χ0n) is 10.9. The molecule has 0 aromatic rings. The van der Waals surface area contributed by atoms with Crippen LogP contribution in [0, 0.1) is 0 Å². The van der Waals surface area contributed by atoms with Gasteiger partial charge < -0.3 is 5.11 Å². The van der Waals surface area contributed by atoms with Crippen LogP contribution in [0.15, 0.2) is 0 Å². The van der Waals surface area contributed by atoms with Crippen molar-refractivity contribution in [2.45, 2.75) is 57.6 Å². The summed E-state index contributed by atoms with van der Waals surface area (Å²) in [7, 11) is -1.93. The van der Waals surface area contributed by atoms with Gasteiger partial charge in [0.15, 0.2) is 0 Å². The third kappa shape index (κ3) is 4.21. The van der Waals surface area contributed by atoms with Crippen molar-refractivity contribution in [2.24, 2.45) is 0 Å². The average molecular weight is 264 g/mol. The highest BCUT2D eigenvalue weighted by atomic mass is 32.2. The first-order chi connectivity index (χ1) is 7.77. The summed E-state index contributed by atoms with van der Waals surface area (Å²) in [6.07, 6.45) is 4.43. The highest BCUT2D eigenvalue weighted by molar-refractivity contribution is 7.87. The molecule has 0 unspecified atom stereocenters. The van der Waals surface area contributed by atoms with Crippen molar-refractivity contribution in [1.82, 2.24) is 9.03 Å². The molecule has 2 N–H and O–H groups in total. The fourth-order valence-corrected chi connectivity index (χ4v) is 3.20. The molecule has 1 saturated carbocycles. The van der Waals surface area contributed by atoms with E-state index in [1.54, 1.807) is 0 Å². The van der Waals surface area contributed by atoms with Gasteiger partial charge >= 0.3 is 0 Å². The maximum absolute atomic E-state index is 11.9. The van der Waals surface area contributed by atoms with Crippen molar-refractivity contribution in [2.75, 3.05) is 13.6 Å². The average Bonchev–Trinajstić information content (AvgIpc) is 2.27. The summed E-state index contributed by atoms with van der Waals surface area (Å²) in [6, 6.07) is -0.0894. The summed E-state index contributed by atoms with van der Waals surface area (Å²) in [6.45, 7) is 3.75. The van der Waals surface area contributed by atoms with Crippen LogP contribution in [0.4, 0.5) is 0 Å². The molecule has 0 aromatic carbocycles. The molecule has 102 valence electrons. The van der Waals surface area contributed by atoms with Gasteiger partial charge in [0, 0.05) is 19.6 Å². The molecule has 1 fully saturated rings. The van der Waals surface area contributed by atoms with Crippen molar-refractivity contribution >= 4 is 10.2 Å². The third-order valence-electron chi connectivity index (χ3n) is 3.47. The van der Waals surface area contributed by atoms with E-state index in [1.807, 2.05) is 13.8 Å². The van der Waals surface area contributed by atoms with Gasteiger partial charge in [-0.2, -0.15) is 17.4 Å². The first-order valence-electron chi connectivity index (χ1n) is 6.22. The number of aliphatic hydroxyl groups is 1. The molecule has 6 heteroatoms. The van der Waals surface area contributed by atoms with Crippen molar-refractivity contribution in [3.63, 3.8) is 0 Å². The minimum Gasteiger partial charge on any atom is -0.389 e. The number of rotatable bonds is 5. The zero-order valence-corrected chi connectivity index (χ0v) is 11.8. The molecular weight excluding hydrogens is 240 g/mol. The Morgan fingerprint density at radius 2 is 1.82 bits per heavy atom. The second-order valence-electron chi connectivity index (χ2n) is 5.22. The van der Waals surface area contributed by atoms with E-state index in [1.165, 1.54) is 11.4 Å². The van der Waals surface area contributed by atoms with Gasteiger partial charge in [-0.15, -0.1) is 0 Å². The predicted molar refractivity (Wildman–Crippen MR) is 67.9 cm³/mol. The maximum atomic E-state index is 11.9. The second-order valence-corrected chi connectivity index (χ2v) is 7.04. The van der Waals surface area contributed by atoms with Gasteiger partial charge in [-0.3, -0.25) is 0 Å². The Labute approximate surface area is 104 Å². The summed E-state index contributed by atoms with van der Waals surface area (Å²) in [5.41, 5.74) is -0.858. The van der Waals surface area contributed by atoms with Gasteiger partial charge in [0.25, 0.3) is 10.2 Å². The van der Waals surface area contributed by atoms with E-state index in [0.29, 0.717) is 12.8 Å². The molecule has 1 aliphatic rings. The quantitative estimate of drug-likeness (QED) is 0.773. The second kappa shape index (κ2) is 5.65. The summed E-state index contributed by atoms with van der Waals surface area (Å²) in [4.78, 5) is 0. The standard InChI is InChI=1S/C11H24N2O3S/c1-10(2)13(3)17(15,16)12-9-11(14)7-5-4-6-8-11/h10,12,14H,4-9H2,1-3H3. The van der Waals surface area contributed by atoms with Crippen LogP contribution >= 0.6 is 0 Å². The van der Waals surface area contributed by atoms with Gasteiger partial charge in [0.05, 0.1) is 5.60 Å². The Morgan fingerprint density at radius 3 is 2.29 bits per heavy atom. The van der Waals surface area contributed by atoms with E-state index in [4.69, 9.17) is 0 Å². The molecule has 0 atom stereocenters. The molecule has 5 nitrogen and oxygen atoms in total. The number of nitrogens with zero attached hydrogens (tertiary/aromatic N) is 1. The molecule has 1 aliphatic carbocycles. The highest BCUT2D eigenvalue weighted by Crippen LogP contribution is 2.27. The lowest BCUT2D eigenvalue weighted by atomic mass is 9.85. The first-order valence-corrected chi connectivity index (χ1v) is 7.66. The van der Waals surface area contributed by atoms with E-state index in [2.05, 4.69) is 4.72 Å². The van der Waals surface area contributed by atoms with Gasteiger partial charge in [-0.1, -0.05) is 19.3 Å². The van der Waals surface area contributed by atoms with Gasteiger partial charge in [0.1, 0.15) is 0 Å². The molecule has 0 spiro atoms. The molecule has 0 saturated heterocycles. The summed E-state index contributed by atoms with van der Waals surface area (Å²) < 4.78 is 27.5. The molecule has 17 heavy (non-hydrogen) atoms. The van der Waals surface area contributed by atoms with E-state index in [9.17, 15) is 13.5 Å². The van der Waals surface area contributed by atoms with E-state index >= 15 is 0 Å². The molecule has 0 amide bonds. The lowest BCUT2D eigenvalue weighted by molar-refractivity contribution is 0.00913. The molecule has 0 aromatic heterocycles. The Kier molecular flexibility index (Phi) is 4.95. The number of hydrogen-bond donors (Lipinski definition) is 2. The SMILES string of the molecule is CC(C)N(C)S(=O)(=O)NCC1(O)CCCCC1. The molecule has 0 bridgehead atoms. The van der Waals surface area contributed by atoms with Crippen molar-refractivity contribution in [3.8, 4) is 0 Å². The predicted octanol–water partition coefficient (Wildman–Crippen LogP) is 0.856. The normalized spacial score (nSPS) is 21.1. The van der Waals surface area contributed by atoms with Crippen molar-refractivity contribution in [3.05, 3.63) is 0 Å². The summed E-state index contributed by atoms with van der Waals surface area (Å²) in [5, 5.41) is 10.2. The lowest BCUT2D eigenvalue weighted by Crippen LogP contribution is -2.49. The van der Waals surface area contributed by atoms with Gasteiger partial charge in [-0.25, -0.2) is 0 Å². The topological polar surface area (TPSA) is 69.6 Å². The monoisotopic (exact) mass is 264 g/mol. The maximum Gasteiger partial charge on any atom is 0.279 e. The van der Waals surface area contributed by atoms with E-state index in [0.717, 1.165) is 19.3 Å². The summed E-state index contributed by atoms with van der Waals surface area (Å²) in [5.74, 6) is 0. The smallest absolute Gasteiger partial charge is 0.279 e. The van der Waals surface area contributed by atoms with Crippen LogP contribution in [-0.4, -0.2) is 43.1 Å². The Bertz CT molecular complexity index is 335. The molecule has 0 heterocycles. The first kappa shape index (κ1) is 14.9. The fraction of sp³-hybridized carbons (Fsp3) is 1.00. The van der Waals surface area contributed by atoms with E-state index in [-0.39, 0.29) is 12.6 Å². The lowest BCUT2D eigenvalue weighted by Gasteiger charge is -2.33. The molecule has 0 aliphatic heterocycles. The van der Waals surface area contributed by atoms with E-state index < -0.39 is 15.8 Å². The molecule has 0 radical (unpaired) electrons. The minimum atomic E-state index is -3.47. The Balaban J connectivity index is 2.54. The van der Waals surface area contributed by atoms with Gasteiger partial charge in [-0.05, 0) is 26.7 Å². The fourth-order valence-electron chi connectivity index (χ4n) is 1.99. The number of hydrogen-bond acceptors (Lipinski definition) is 3. The summed E-state index contributed by atoms with van der Waals surface area (Å²) >= 11 is 0. The van der Waals surface area contributed by atoms with Crippen LogP contribution in [0.5, 0.6) is 0 Å².